The Labute approximate surface area is 205 Å². The van der Waals surface area contributed by atoms with E-state index in [1.165, 1.54) is 4.90 Å². The normalized spacial score (nSPS) is 17.9. The Morgan fingerprint density at radius 2 is 1.63 bits per heavy atom. The van der Waals surface area contributed by atoms with Gasteiger partial charge in [-0.2, -0.15) is 0 Å². The van der Waals surface area contributed by atoms with Gasteiger partial charge in [0.25, 0.3) is 5.91 Å². The Hall–Kier alpha value is -3.68. The molecule has 0 bridgehead atoms. The summed E-state index contributed by atoms with van der Waals surface area (Å²) in [6, 6.07) is 13.2. The second kappa shape index (κ2) is 9.52. The van der Waals surface area contributed by atoms with Crippen LogP contribution in [0.4, 0.5) is 16.2 Å². The number of aryl methyl sites for hydroxylation is 1. The van der Waals surface area contributed by atoms with Crippen LogP contribution in [-0.4, -0.2) is 48.4 Å². The molecule has 0 aromatic heterocycles. The number of anilines is 2. The first-order valence-corrected chi connectivity index (χ1v) is 11.9. The van der Waals surface area contributed by atoms with Crippen molar-refractivity contribution in [2.75, 3.05) is 22.9 Å². The van der Waals surface area contributed by atoms with Gasteiger partial charge in [-0.15, -0.1) is 0 Å². The molecule has 184 valence electrons. The Bertz CT molecular complexity index is 1170. The van der Waals surface area contributed by atoms with Crippen LogP contribution in [0.15, 0.2) is 48.5 Å². The van der Waals surface area contributed by atoms with Crippen molar-refractivity contribution in [3.05, 3.63) is 59.7 Å². The third-order valence-corrected chi connectivity index (χ3v) is 6.02. The highest BCUT2D eigenvalue weighted by Gasteiger charge is 2.42. The molecule has 0 radical (unpaired) electrons. The van der Waals surface area contributed by atoms with Crippen LogP contribution in [0.1, 0.15) is 49.5 Å². The van der Waals surface area contributed by atoms with E-state index in [0.29, 0.717) is 16.9 Å². The van der Waals surface area contributed by atoms with Gasteiger partial charge in [-0.3, -0.25) is 14.4 Å². The summed E-state index contributed by atoms with van der Waals surface area (Å²) in [4.78, 5) is 55.8. The van der Waals surface area contributed by atoms with Gasteiger partial charge in [0.15, 0.2) is 5.78 Å². The molecule has 1 heterocycles. The van der Waals surface area contributed by atoms with E-state index in [1.807, 2.05) is 19.1 Å². The van der Waals surface area contributed by atoms with Crippen LogP contribution < -0.4 is 15.1 Å². The number of ether oxygens (including phenoxy) is 1. The Kier molecular flexibility index (Phi) is 6.65. The molecule has 1 aliphatic carbocycles. The van der Waals surface area contributed by atoms with Gasteiger partial charge in [0.1, 0.15) is 11.6 Å². The first-order chi connectivity index (χ1) is 16.5. The van der Waals surface area contributed by atoms with E-state index in [2.05, 4.69) is 5.32 Å². The fraction of sp³-hybridized carbons (Fsp3) is 0.407. The summed E-state index contributed by atoms with van der Waals surface area (Å²) < 4.78 is 5.37. The van der Waals surface area contributed by atoms with Crippen LogP contribution in [0.5, 0.6) is 0 Å². The highest BCUT2D eigenvalue weighted by atomic mass is 16.6. The Morgan fingerprint density at radius 1 is 1.00 bits per heavy atom. The predicted octanol–water partition coefficient (Wildman–Crippen LogP) is 3.86. The number of Topliss-reactive ketones (excluding diaryl/α,β-unsaturated/α-hetero) is 1. The number of para-hydroxylation sites is 2. The van der Waals surface area contributed by atoms with E-state index in [-0.39, 0.29) is 30.7 Å². The predicted molar refractivity (Wildman–Crippen MR) is 133 cm³/mol. The molecule has 1 saturated carbocycles. The fourth-order valence-electron chi connectivity index (χ4n) is 4.18. The van der Waals surface area contributed by atoms with E-state index >= 15 is 0 Å². The van der Waals surface area contributed by atoms with Crippen LogP contribution in [0, 0.1) is 12.8 Å². The monoisotopic (exact) mass is 477 g/mol. The number of fused-ring (bicyclic) bond motifs is 1. The van der Waals surface area contributed by atoms with E-state index < -0.39 is 23.6 Å². The SMILES string of the molecule is Cc1ccccc1C(=O)CN1C(=O)C(NC(=O)OC(C)(C)C)CN(C(=O)C2CC2)c2ccccc21. The molecule has 0 saturated heterocycles. The zero-order chi connectivity index (χ0) is 25.3. The fourth-order valence-corrected chi connectivity index (χ4v) is 4.18. The number of hydrogen-bond donors (Lipinski definition) is 1. The van der Waals surface area contributed by atoms with E-state index in [4.69, 9.17) is 4.74 Å². The maximum absolute atomic E-state index is 13.8. The number of rotatable bonds is 5. The van der Waals surface area contributed by atoms with Gasteiger partial charge < -0.3 is 19.9 Å². The van der Waals surface area contributed by atoms with Gasteiger partial charge in [-0.25, -0.2) is 4.79 Å². The van der Waals surface area contributed by atoms with Crippen molar-refractivity contribution in [3.8, 4) is 0 Å². The van der Waals surface area contributed by atoms with Crippen LogP contribution in [-0.2, 0) is 14.3 Å². The molecule has 8 nitrogen and oxygen atoms in total. The third kappa shape index (κ3) is 5.53. The average molecular weight is 478 g/mol. The number of carbonyl (C=O) groups is 4. The lowest BCUT2D eigenvalue weighted by atomic mass is 10.0. The topological polar surface area (TPSA) is 96.0 Å². The lowest BCUT2D eigenvalue weighted by Gasteiger charge is -2.26. The number of nitrogens with zero attached hydrogens (tertiary/aromatic N) is 2. The van der Waals surface area contributed by atoms with Crippen LogP contribution in [0.2, 0.25) is 0 Å². The Balaban J connectivity index is 1.72. The maximum atomic E-state index is 13.8. The van der Waals surface area contributed by atoms with Crippen molar-refractivity contribution in [3.63, 3.8) is 0 Å². The quantitative estimate of drug-likeness (QED) is 0.660. The molecule has 1 atom stereocenters. The van der Waals surface area contributed by atoms with Crippen LogP contribution in [0.3, 0.4) is 0 Å². The molecule has 2 aromatic carbocycles. The number of carbonyl (C=O) groups excluding carboxylic acids is 4. The lowest BCUT2D eigenvalue weighted by Crippen LogP contribution is -2.54. The Morgan fingerprint density at radius 3 is 2.26 bits per heavy atom. The number of amides is 3. The van der Waals surface area contributed by atoms with Crippen LogP contribution in [0.25, 0.3) is 0 Å². The molecular weight excluding hydrogens is 446 g/mol. The molecule has 4 rings (SSSR count). The number of nitrogens with one attached hydrogen (secondary N) is 1. The molecule has 1 N–H and O–H groups in total. The minimum Gasteiger partial charge on any atom is -0.444 e. The second-order valence-corrected chi connectivity index (χ2v) is 10.1. The molecule has 3 amide bonds. The second-order valence-electron chi connectivity index (χ2n) is 10.1. The number of ketones is 1. The van der Waals surface area contributed by atoms with Gasteiger partial charge in [0, 0.05) is 11.5 Å². The minimum atomic E-state index is -1.08. The summed E-state index contributed by atoms with van der Waals surface area (Å²) in [5.74, 6) is -0.894. The van der Waals surface area contributed by atoms with E-state index in [1.54, 1.807) is 62.1 Å². The zero-order valence-corrected chi connectivity index (χ0v) is 20.5. The van der Waals surface area contributed by atoms with E-state index in [9.17, 15) is 19.2 Å². The first kappa shape index (κ1) is 24.4. The highest BCUT2D eigenvalue weighted by molar-refractivity contribution is 6.12. The van der Waals surface area contributed by atoms with Crippen molar-refractivity contribution in [2.45, 2.75) is 52.2 Å². The van der Waals surface area contributed by atoms with Crippen LogP contribution >= 0.6 is 0 Å². The standard InChI is InChI=1S/C27H31N3O5/c1-17-9-5-6-10-19(17)23(31)16-30-22-12-8-7-11-21(22)29(24(32)18-13-14-18)15-20(25(30)33)28-26(34)35-27(2,3)4/h5-12,18,20H,13-16H2,1-4H3,(H,28,34). The summed E-state index contributed by atoms with van der Waals surface area (Å²) in [5.41, 5.74) is 1.57. The van der Waals surface area contributed by atoms with Crippen molar-refractivity contribution in [2.24, 2.45) is 5.92 Å². The van der Waals surface area contributed by atoms with Crippen molar-refractivity contribution in [1.29, 1.82) is 0 Å². The smallest absolute Gasteiger partial charge is 0.408 e. The van der Waals surface area contributed by atoms with Crippen molar-refractivity contribution in [1.82, 2.24) is 5.32 Å². The molecule has 35 heavy (non-hydrogen) atoms. The molecule has 1 unspecified atom stereocenters. The molecule has 2 aromatic rings. The number of hydrogen-bond acceptors (Lipinski definition) is 5. The third-order valence-electron chi connectivity index (χ3n) is 6.02. The summed E-state index contributed by atoms with van der Waals surface area (Å²) in [7, 11) is 0. The molecule has 2 aliphatic rings. The summed E-state index contributed by atoms with van der Waals surface area (Å²) in [6.07, 6.45) is 0.835. The molecule has 8 heteroatoms. The average Bonchev–Trinajstić information content (AvgIpc) is 3.64. The lowest BCUT2D eigenvalue weighted by molar-refractivity contribution is -0.121. The zero-order valence-electron chi connectivity index (χ0n) is 20.5. The highest BCUT2D eigenvalue weighted by Crippen LogP contribution is 2.38. The van der Waals surface area contributed by atoms with Gasteiger partial charge in [0.05, 0.1) is 24.5 Å². The molecule has 0 spiro atoms. The van der Waals surface area contributed by atoms with Gasteiger partial charge >= 0.3 is 6.09 Å². The molecule has 1 fully saturated rings. The van der Waals surface area contributed by atoms with Gasteiger partial charge in [-0.1, -0.05) is 36.4 Å². The van der Waals surface area contributed by atoms with Gasteiger partial charge in [-0.05, 0) is 58.2 Å². The maximum Gasteiger partial charge on any atom is 0.408 e. The number of benzene rings is 2. The van der Waals surface area contributed by atoms with E-state index in [0.717, 1.165) is 18.4 Å². The minimum absolute atomic E-state index is 0.0422. The summed E-state index contributed by atoms with van der Waals surface area (Å²) in [6.45, 7) is 6.76. The molecular formula is C27H31N3O5. The number of alkyl carbamates (subject to hydrolysis) is 1. The van der Waals surface area contributed by atoms with Crippen molar-refractivity contribution >= 4 is 35.1 Å². The molecule has 1 aliphatic heterocycles. The van der Waals surface area contributed by atoms with Crippen molar-refractivity contribution < 1.29 is 23.9 Å². The summed E-state index contributed by atoms with van der Waals surface area (Å²) >= 11 is 0. The first-order valence-electron chi connectivity index (χ1n) is 11.9. The van der Waals surface area contributed by atoms with Gasteiger partial charge in [0.2, 0.25) is 5.91 Å². The summed E-state index contributed by atoms with van der Waals surface area (Å²) in [5, 5.41) is 2.64. The largest absolute Gasteiger partial charge is 0.444 e.